The fraction of sp³-hybridized carbons (Fsp3) is 0.304. The first-order valence-corrected chi connectivity index (χ1v) is 9.77. The summed E-state index contributed by atoms with van der Waals surface area (Å²) in [6.07, 6.45) is 3.77. The van der Waals surface area contributed by atoms with E-state index < -0.39 is 5.97 Å². The molecule has 1 aromatic heterocycles. The van der Waals surface area contributed by atoms with E-state index in [9.17, 15) is 9.90 Å². The summed E-state index contributed by atoms with van der Waals surface area (Å²) in [5.41, 5.74) is 5.43. The molecule has 0 amide bonds. The molecule has 144 valence electrons. The van der Waals surface area contributed by atoms with Crippen molar-refractivity contribution >= 4 is 5.97 Å². The highest BCUT2D eigenvalue weighted by atomic mass is 16.4. The minimum Gasteiger partial charge on any atom is -0.481 e. The Kier molecular flexibility index (Phi) is 5.26. The SMILES string of the molecule is Cc1ccccc1-c1nn(-c2ccccc2)cc1CN1CCCC(C(=O)O)C1. The van der Waals surface area contributed by atoms with Crippen LogP contribution in [0.4, 0.5) is 0 Å². The van der Waals surface area contributed by atoms with Crippen LogP contribution < -0.4 is 0 Å². The van der Waals surface area contributed by atoms with Gasteiger partial charge in [0.25, 0.3) is 0 Å². The maximum absolute atomic E-state index is 11.4. The Bertz CT molecular complexity index is 965. The van der Waals surface area contributed by atoms with Crippen molar-refractivity contribution in [2.45, 2.75) is 26.3 Å². The third-order valence-electron chi connectivity index (χ3n) is 5.46. The molecule has 1 atom stereocenters. The quantitative estimate of drug-likeness (QED) is 0.728. The molecule has 0 spiro atoms. The summed E-state index contributed by atoms with van der Waals surface area (Å²) in [6.45, 7) is 4.33. The summed E-state index contributed by atoms with van der Waals surface area (Å²) in [4.78, 5) is 13.7. The van der Waals surface area contributed by atoms with E-state index in [1.165, 1.54) is 5.56 Å². The van der Waals surface area contributed by atoms with Crippen molar-refractivity contribution in [2.75, 3.05) is 13.1 Å². The summed E-state index contributed by atoms with van der Waals surface area (Å²) in [6, 6.07) is 18.4. The van der Waals surface area contributed by atoms with Crippen LogP contribution in [0.25, 0.3) is 16.9 Å². The number of para-hydroxylation sites is 1. The standard InChI is InChI=1S/C23H25N3O2/c1-17-8-5-6-12-21(17)22-19(15-25-13-7-9-18(14-25)23(27)28)16-26(24-22)20-10-3-2-4-11-20/h2-6,8,10-12,16,18H,7,9,13-15H2,1H3,(H,27,28). The molecule has 1 aliphatic rings. The van der Waals surface area contributed by atoms with Gasteiger partial charge in [-0.15, -0.1) is 0 Å². The van der Waals surface area contributed by atoms with Gasteiger partial charge < -0.3 is 5.11 Å². The molecule has 28 heavy (non-hydrogen) atoms. The Hall–Kier alpha value is -2.92. The second kappa shape index (κ2) is 7.98. The monoisotopic (exact) mass is 375 g/mol. The van der Waals surface area contributed by atoms with Gasteiger partial charge in [0.15, 0.2) is 0 Å². The molecular weight excluding hydrogens is 350 g/mol. The number of likely N-dealkylation sites (tertiary alicyclic amines) is 1. The average molecular weight is 375 g/mol. The second-order valence-corrected chi connectivity index (χ2v) is 7.51. The van der Waals surface area contributed by atoms with Gasteiger partial charge >= 0.3 is 5.97 Å². The predicted octanol–water partition coefficient (Wildman–Crippen LogP) is 4.14. The first-order chi connectivity index (χ1) is 13.6. The van der Waals surface area contributed by atoms with Gasteiger partial charge in [-0.05, 0) is 44.0 Å². The Morgan fingerprint density at radius 1 is 1.14 bits per heavy atom. The van der Waals surface area contributed by atoms with Gasteiger partial charge in [-0.3, -0.25) is 9.69 Å². The minimum atomic E-state index is -0.691. The summed E-state index contributed by atoms with van der Waals surface area (Å²) < 4.78 is 1.93. The van der Waals surface area contributed by atoms with Crippen molar-refractivity contribution < 1.29 is 9.90 Å². The average Bonchev–Trinajstić information content (AvgIpc) is 3.13. The number of carbonyl (C=O) groups is 1. The van der Waals surface area contributed by atoms with Crippen molar-refractivity contribution in [3.05, 3.63) is 71.9 Å². The number of aryl methyl sites for hydroxylation is 1. The zero-order valence-corrected chi connectivity index (χ0v) is 16.1. The normalized spacial score (nSPS) is 17.5. The van der Waals surface area contributed by atoms with Crippen molar-refractivity contribution in [1.82, 2.24) is 14.7 Å². The van der Waals surface area contributed by atoms with Gasteiger partial charge in [-0.25, -0.2) is 4.68 Å². The lowest BCUT2D eigenvalue weighted by Gasteiger charge is -2.30. The fourth-order valence-corrected chi connectivity index (χ4v) is 3.95. The van der Waals surface area contributed by atoms with Crippen LogP contribution in [0.2, 0.25) is 0 Å². The highest BCUT2D eigenvalue weighted by Crippen LogP contribution is 2.29. The molecule has 2 heterocycles. The number of carboxylic acids is 1. The van der Waals surface area contributed by atoms with Gasteiger partial charge in [0.05, 0.1) is 17.3 Å². The number of benzene rings is 2. The number of carboxylic acid groups (broad SMARTS) is 1. The third kappa shape index (κ3) is 3.85. The number of nitrogens with zero attached hydrogens (tertiary/aromatic N) is 3. The van der Waals surface area contributed by atoms with E-state index in [4.69, 9.17) is 5.10 Å². The van der Waals surface area contributed by atoms with Crippen molar-refractivity contribution in [3.8, 4) is 16.9 Å². The molecule has 1 aliphatic heterocycles. The smallest absolute Gasteiger partial charge is 0.307 e. The van der Waals surface area contributed by atoms with E-state index in [0.29, 0.717) is 13.1 Å². The number of aliphatic carboxylic acids is 1. The van der Waals surface area contributed by atoms with Gasteiger partial charge in [-0.1, -0.05) is 42.5 Å². The molecule has 0 aliphatic carbocycles. The highest BCUT2D eigenvalue weighted by molar-refractivity contribution is 5.70. The van der Waals surface area contributed by atoms with Gasteiger partial charge in [-0.2, -0.15) is 5.10 Å². The Morgan fingerprint density at radius 3 is 2.64 bits per heavy atom. The lowest BCUT2D eigenvalue weighted by Crippen LogP contribution is -2.38. The maximum atomic E-state index is 11.4. The molecule has 0 saturated carbocycles. The molecule has 1 unspecified atom stereocenters. The summed E-state index contributed by atoms with van der Waals surface area (Å²) in [5.74, 6) is -0.969. The number of piperidine rings is 1. The summed E-state index contributed by atoms with van der Waals surface area (Å²) in [7, 11) is 0. The molecule has 1 N–H and O–H groups in total. The van der Waals surface area contributed by atoms with Crippen LogP contribution in [0.3, 0.4) is 0 Å². The number of aromatic nitrogens is 2. The molecule has 1 saturated heterocycles. The Balaban J connectivity index is 1.70. The maximum Gasteiger partial charge on any atom is 0.307 e. The number of rotatable bonds is 5. The molecule has 1 fully saturated rings. The van der Waals surface area contributed by atoms with Gasteiger partial charge in [0.1, 0.15) is 0 Å². The van der Waals surface area contributed by atoms with Crippen LogP contribution in [-0.2, 0) is 11.3 Å². The van der Waals surface area contributed by atoms with Gasteiger partial charge in [0, 0.05) is 30.4 Å². The summed E-state index contributed by atoms with van der Waals surface area (Å²) >= 11 is 0. The zero-order chi connectivity index (χ0) is 19.5. The number of hydrogen-bond donors (Lipinski definition) is 1. The second-order valence-electron chi connectivity index (χ2n) is 7.51. The first kappa shape index (κ1) is 18.4. The van der Waals surface area contributed by atoms with E-state index in [-0.39, 0.29) is 5.92 Å². The van der Waals surface area contributed by atoms with Crippen LogP contribution in [0, 0.1) is 12.8 Å². The highest BCUT2D eigenvalue weighted by Gasteiger charge is 2.26. The predicted molar refractivity (Wildman–Crippen MR) is 109 cm³/mol. The molecule has 0 radical (unpaired) electrons. The van der Waals surface area contributed by atoms with Crippen LogP contribution >= 0.6 is 0 Å². The molecule has 0 bridgehead atoms. The van der Waals surface area contributed by atoms with E-state index in [0.717, 1.165) is 41.9 Å². The van der Waals surface area contributed by atoms with Crippen molar-refractivity contribution in [2.24, 2.45) is 5.92 Å². The van der Waals surface area contributed by atoms with Crippen LogP contribution in [0.1, 0.15) is 24.0 Å². The number of hydrogen-bond acceptors (Lipinski definition) is 3. The lowest BCUT2D eigenvalue weighted by atomic mass is 9.97. The van der Waals surface area contributed by atoms with E-state index in [1.807, 2.05) is 47.1 Å². The van der Waals surface area contributed by atoms with Crippen molar-refractivity contribution in [1.29, 1.82) is 0 Å². The topological polar surface area (TPSA) is 58.4 Å². The van der Waals surface area contributed by atoms with Crippen LogP contribution in [0.15, 0.2) is 60.8 Å². The first-order valence-electron chi connectivity index (χ1n) is 9.77. The van der Waals surface area contributed by atoms with E-state index in [1.54, 1.807) is 0 Å². The molecule has 3 aromatic rings. The molecular formula is C23H25N3O2. The Morgan fingerprint density at radius 2 is 1.89 bits per heavy atom. The van der Waals surface area contributed by atoms with Gasteiger partial charge in [0.2, 0.25) is 0 Å². The molecule has 2 aromatic carbocycles. The van der Waals surface area contributed by atoms with E-state index >= 15 is 0 Å². The fourth-order valence-electron chi connectivity index (χ4n) is 3.95. The van der Waals surface area contributed by atoms with Crippen molar-refractivity contribution in [3.63, 3.8) is 0 Å². The Labute approximate surface area is 165 Å². The minimum absolute atomic E-state index is 0.278. The summed E-state index contributed by atoms with van der Waals surface area (Å²) in [5, 5.41) is 14.3. The largest absolute Gasteiger partial charge is 0.481 e. The van der Waals surface area contributed by atoms with Crippen LogP contribution in [0.5, 0.6) is 0 Å². The third-order valence-corrected chi connectivity index (χ3v) is 5.46. The molecule has 5 nitrogen and oxygen atoms in total. The molecule has 5 heteroatoms. The van der Waals surface area contributed by atoms with E-state index in [2.05, 4.69) is 30.2 Å². The van der Waals surface area contributed by atoms with Crippen LogP contribution in [-0.4, -0.2) is 38.8 Å². The lowest BCUT2D eigenvalue weighted by molar-refractivity contribution is -0.143. The molecule has 4 rings (SSSR count). The zero-order valence-electron chi connectivity index (χ0n) is 16.1.